The normalized spacial score (nSPS) is 16.6. The fourth-order valence-corrected chi connectivity index (χ4v) is 4.66. The Morgan fingerprint density at radius 3 is 2.79 bits per heavy atom. The molecule has 2 heterocycles. The maximum absolute atomic E-state index is 12.7. The topological polar surface area (TPSA) is 68.7 Å². The minimum Gasteiger partial charge on any atom is -0.483 e. The number of piperidine rings is 1. The van der Waals surface area contributed by atoms with E-state index in [1.165, 1.54) is 11.8 Å². The Kier molecular flexibility index (Phi) is 5.76. The summed E-state index contributed by atoms with van der Waals surface area (Å²) < 4.78 is 11.6. The molecule has 0 unspecified atom stereocenters. The van der Waals surface area contributed by atoms with E-state index in [0.717, 1.165) is 23.4 Å². The van der Waals surface area contributed by atoms with Crippen molar-refractivity contribution in [3.8, 4) is 5.75 Å². The third-order valence-corrected chi connectivity index (χ3v) is 6.28. The molecule has 0 radical (unpaired) electrons. The molecule has 0 spiro atoms. The number of esters is 1. The van der Waals surface area contributed by atoms with Crippen molar-refractivity contribution in [2.45, 2.75) is 18.8 Å². The molecule has 1 fully saturated rings. The van der Waals surface area contributed by atoms with E-state index >= 15 is 0 Å². The Hall–Kier alpha value is -2.93. The minimum absolute atomic E-state index is 0.0875. The molecule has 1 aromatic heterocycles. The predicted octanol–water partition coefficient (Wildman–Crippen LogP) is 3.87. The molecule has 3 aromatic rings. The van der Waals surface area contributed by atoms with Crippen LogP contribution < -0.4 is 4.74 Å². The number of nitrogens with zero attached hydrogens (tertiary/aromatic N) is 2. The predicted molar refractivity (Wildman–Crippen MR) is 111 cm³/mol. The van der Waals surface area contributed by atoms with Crippen molar-refractivity contribution < 1.29 is 19.1 Å². The molecule has 2 aromatic carbocycles. The van der Waals surface area contributed by atoms with Crippen molar-refractivity contribution in [3.05, 3.63) is 59.1 Å². The number of carbonyl (C=O) groups excluding carboxylic acids is 2. The molecule has 0 N–H and O–H groups in total. The van der Waals surface area contributed by atoms with Gasteiger partial charge in [0.1, 0.15) is 11.3 Å². The highest BCUT2D eigenvalue weighted by Crippen LogP contribution is 2.33. The first-order valence-corrected chi connectivity index (χ1v) is 10.4. The Morgan fingerprint density at radius 2 is 1.97 bits per heavy atom. The van der Waals surface area contributed by atoms with Crippen LogP contribution in [0.5, 0.6) is 5.75 Å². The zero-order valence-corrected chi connectivity index (χ0v) is 17.0. The number of para-hydroxylation sites is 2. The van der Waals surface area contributed by atoms with Crippen LogP contribution in [0.2, 0.25) is 0 Å². The number of rotatable bonds is 5. The van der Waals surface area contributed by atoms with Gasteiger partial charge in [0.25, 0.3) is 5.91 Å². The first-order chi connectivity index (χ1) is 14.2. The van der Waals surface area contributed by atoms with Crippen LogP contribution in [0.4, 0.5) is 0 Å². The number of thiazole rings is 1. The number of amides is 1. The van der Waals surface area contributed by atoms with E-state index in [-0.39, 0.29) is 18.4 Å². The highest BCUT2D eigenvalue weighted by molar-refractivity contribution is 7.18. The minimum atomic E-state index is -0.484. The summed E-state index contributed by atoms with van der Waals surface area (Å²) in [6.07, 6.45) is 1.96. The van der Waals surface area contributed by atoms with Crippen LogP contribution in [0.15, 0.2) is 48.5 Å². The Balaban J connectivity index is 1.41. The second kappa shape index (κ2) is 8.61. The molecule has 0 saturated carbocycles. The lowest BCUT2D eigenvalue weighted by Crippen LogP contribution is -2.41. The summed E-state index contributed by atoms with van der Waals surface area (Å²) in [5, 5.41) is 1.08. The third kappa shape index (κ3) is 4.24. The van der Waals surface area contributed by atoms with Gasteiger partial charge in [0, 0.05) is 19.0 Å². The molecule has 1 atom stereocenters. The fourth-order valence-electron chi connectivity index (χ4n) is 3.57. The third-order valence-electron chi connectivity index (χ3n) is 5.08. The van der Waals surface area contributed by atoms with E-state index in [0.29, 0.717) is 24.4 Å². The number of likely N-dealkylation sites (tertiary alicyclic amines) is 1. The van der Waals surface area contributed by atoms with Gasteiger partial charge in [-0.1, -0.05) is 24.3 Å². The smallest absolute Gasteiger partial charge is 0.341 e. The van der Waals surface area contributed by atoms with Crippen LogP contribution in [0.25, 0.3) is 10.2 Å². The van der Waals surface area contributed by atoms with Gasteiger partial charge in [-0.05, 0) is 37.1 Å². The summed E-state index contributed by atoms with van der Waals surface area (Å²) in [6.45, 7) is 1.24. The number of aromatic nitrogens is 1. The number of ether oxygens (including phenoxy) is 2. The van der Waals surface area contributed by atoms with Crippen LogP contribution >= 0.6 is 11.3 Å². The summed E-state index contributed by atoms with van der Waals surface area (Å²) in [5.41, 5.74) is 1.33. The van der Waals surface area contributed by atoms with Gasteiger partial charge in [0.05, 0.1) is 22.3 Å². The van der Waals surface area contributed by atoms with Crippen molar-refractivity contribution in [2.75, 3.05) is 26.8 Å². The molecule has 29 heavy (non-hydrogen) atoms. The van der Waals surface area contributed by atoms with Gasteiger partial charge in [0.2, 0.25) is 0 Å². The van der Waals surface area contributed by atoms with Crippen molar-refractivity contribution in [3.63, 3.8) is 0 Å². The van der Waals surface area contributed by atoms with Crippen molar-refractivity contribution in [1.29, 1.82) is 0 Å². The van der Waals surface area contributed by atoms with Gasteiger partial charge in [-0.15, -0.1) is 11.3 Å². The standard InChI is InChI=1S/C22H22N2O4S/c1-27-22(26)16-8-2-4-10-18(16)28-14-20(25)24-12-6-7-15(13-24)21-23-17-9-3-5-11-19(17)29-21/h2-5,8-11,15H,6-7,12-14H2,1H3/t15-/m0/s1. The first kappa shape index (κ1) is 19.4. The summed E-state index contributed by atoms with van der Waals surface area (Å²) in [5.74, 6) is 0.0253. The Morgan fingerprint density at radius 1 is 1.17 bits per heavy atom. The molecule has 7 heteroatoms. The number of methoxy groups -OCH3 is 1. The molecule has 1 aliphatic heterocycles. The average molecular weight is 410 g/mol. The quantitative estimate of drug-likeness (QED) is 0.598. The maximum atomic E-state index is 12.7. The van der Waals surface area contributed by atoms with Crippen molar-refractivity contribution in [2.24, 2.45) is 0 Å². The van der Waals surface area contributed by atoms with Gasteiger partial charge in [0.15, 0.2) is 6.61 Å². The number of hydrogen-bond donors (Lipinski definition) is 0. The summed E-state index contributed by atoms with van der Waals surface area (Å²) in [7, 11) is 1.32. The SMILES string of the molecule is COC(=O)c1ccccc1OCC(=O)N1CCC[C@H](c2nc3ccccc3s2)C1. The maximum Gasteiger partial charge on any atom is 0.341 e. The van der Waals surface area contributed by atoms with Crippen molar-refractivity contribution >= 4 is 33.4 Å². The molecule has 1 aliphatic rings. The van der Waals surface area contributed by atoms with Gasteiger partial charge < -0.3 is 14.4 Å². The summed E-state index contributed by atoms with van der Waals surface area (Å²) >= 11 is 1.70. The lowest BCUT2D eigenvalue weighted by Gasteiger charge is -2.31. The zero-order chi connectivity index (χ0) is 20.2. The summed E-state index contributed by atoms with van der Waals surface area (Å²) in [6, 6.07) is 14.9. The zero-order valence-electron chi connectivity index (χ0n) is 16.2. The second-order valence-electron chi connectivity index (χ2n) is 6.98. The largest absolute Gasteiger partial charge is 0.483 e. The van der Waals surface area contributed by atoms with E-state index in [1.807, 2.05) is 23.1 Å². The molecule has 6 nitrogen and oxygen atoms in total. The van der Waals surface area contributed by atoms with Gasteiger partial charge >= 0.3 is 5.97 Å². The van der Waals surface area contributed by atoms with E-state index in [1.54, 1.807) is 35.6 Å². The number of benzene rings is 2. The van der Waals surface area contributed by atoms with E-state index in [2.05, 4.69) is 6.07 Å². The van der Waals surface area contributed by atoms with Gasteiger partial charge in [-0.25, -0.2) is 9.78 Å². The lowest BCUT2D eigenvalue weighted by atomic mass is 9.99. The molecule has 4 rings (SSSR count). The molecule has 1 amide bonds. The monoisotopic (exact) mass is 410 g/mol. The molecule has 150 valence electrons. The molecule has 1 saturated heterocycles. The van der Waals surface area contributed by atoms with Crippen LogP contribution in [0.1, 0.15) is 34.1 Å². The molecule has 0 aliphatic carbocycles. The average Bonchev–Trinajstić information content (AvgIpc) is 3.21. The van der Waals surface area contributed by atoms with Gasteiger partial charge in [-0.2, -0.15) is 0 Å². The van der Waals surface area contributed by atoms with E-state index in [9.17, 15) is 9.59 Å². The van der Waals surface area contributed by atoms with E-state index < -0.39 is 5.97 Å². The van der Waals surface area contributed by atoms with E-state index in [4.69, 9.17) is 14.5 Å². The van der Waals surface area contributed by atoms with Crippen LogP contribution in [-0.2, 0) is 9.53 Å². The Bertz CT molecular complexity index is 999. The summed E-state index contributed by atoms with van der Waals surface area (Å²) in [4.78, 5) is 31.2. The molecule has 0 bridgehead atoms. The number of fused-ring (bicyclic) bond motifs is 1. The highest BCUT2D eigenvalue weighted by Gasteiger charge is 2.27. The molecular weight excluding hydrogens is 388 g/mol. The fraction of sp³-hybridized carbons (Fsp3) is 0.318. The highest BCUT2D eigenvalue weighted by atomic mass is 32.1. The van der Waals surface area contributed by atoms with Gasteiger partial charge in [-0.3, -0.25) is 4.79 Å². The molecular formula is C22H22N2O4S. The second-order valence-corrected chi connectivity index (χ2v) is 8.04. The first-order valence-electron chi connectivity index (χ1n) is 9.59. The van der Waals surface area contributed by atoms with Crippen molar-refractivity contribution in [1.82, 2.24) is 9.88 Å². The van der Waals surface area contributed by atoms with Crippen LogP contribution in [-0.4, -0.2) is 48.6 Å². The van der Waals surface area contributed by atoms with Crippen LogP contribution in [0, 0.1) is 0 Å². The lowest BCUT2D eigenvalue weighted by molar-refractivity contribution is -0.134. The number of hydrogen-bond acceptors (Lipinski definition) is 6. The van der Waals surface area contributed by atoms with Crippen LogP contribution in [0.3, 0.4) is 0 Å². The Labute approximate surface area is 173 Å². The number of carbonyl (C=O) groups is 2.